The van der Waals surface area contributed by atoms with Crippen LogP contribution in [0.15, 0.2) is 29.2 Å². The summed E-state index contributed by atoms with van der Waals surface area (Å²) in [4.78, 5) is -0.285. The molecule has 0 aliphatic heterocycles. The molecule has 0 atom stereocenters. The van der Waals surface area contributed by atoms with E-state index in [1.165, 1.54) is 18.2 Å². The lowest BCUT2D eigenvalue weighted by molar-refractivity contribution is -0.0681. The number of nitrogens with two attached hydrogens (primary N) is 1. The van der Waals surface area contributed by atoms with E-state index >= 15 is 0 Å². The first-order valence-corrected chi connectivity index (χ1v) is 5.29. The van der Waals surface area contributed by atoms with Gasteiger partial charge in [0.1, 0.15) is 0 Å². The van der Waals surface area contributed by atoms with E-state index in [2.05, 4.69) is 0 Å². The zero-order valence-electron chi connectivity index (χ0n) is 7.51. The zero-order chi connectivity index (χ0) is 11.0. The van der Waals surface area contributed by atoms with Gasteiger partial charge >= 0.3 is 0 Å². The van der Waals surface area contributed by atoms with Gasteiger partial charge in [0.25, 0.3) is 5.12 Å². The van der Waals surface area contributed by atoms with Crippen molar-refractivity contribution < 1.29 is 18.6 Å². The van der Waals surface area contributed by atoms with E-state index in [1.807, 2.05) is 0 Å². The number of hydrogen-bond acceptors (Lipinski definition) is 5. The van der Waals surface area contributed by atoms with Gasteiger partial charge in [0.05, 0.1) is 10.6 Å². The Balaban J connectivity index is 3.40. The molecule has 0 bridgehead atoms. The number of hydrogen-bond donors (Lipinski definition) is 3. The molecule has 5 nitrogen and oxygen atoms in total. The van der Waals surface area contributed by atoms with Gasteiger partial charge in [-0.1, -0.05) is 12.1 Å². The highest BCUT2D eigenvalue weighted by Crippen LogP contribution is 2.25. The molecular weight excluding hydrogens is 206 g/mol. The first kappa shape index (κ1) is 11.0. The molecule has 0 unspecified atom stereocenters. The van der Waals surface area contributed by atoms with Crippen molar-refractivity contribution in [2.45, 2.75) is 16.9 Å². The summed E-state index contributed by atoms with van der Waals surface area (Å²) in [6, 6.07) is 5.60. The number of anilines is 1. The average molecular weight is 217 g/mol. The van der Waals surface area contributed by atoms with Gasteiger partial charge in [0.15, 0.2) is 0 Å². The van der Waals surface area contributed by atoms with E-state index in [0.29, 0.717) is 0 Å². The summed E-state index contributed by atoms with van der Waals surface area (Å²) in [7, 11) is -4.22. The fourth-order valence-electron chi connectivity index (χ4n) is 0.934. The highest BCUT2D eigenvalue weighted by atomic mass is 32.2. The Morgan fingerprint density at radius 3 is 2.21 bits per heavy atom. The molecule has 4 N–H and O–H groups in total. The number of rotatable bonds is 2. The van der Waals surface area contributed by atoms with Gasteiger partial charge in [-0.25, -0.2) is 8.42 Å². The second-order valence-electron chi connectivity index (χ2n) is 2.98. The van der Waals surface area contributed by atoms with E-state index in [0.717, 1.165) is 6.92 Å². The van der Waals surface area contributed by atoms with Crippen molar-refractivity contribution in [2.75, 3.05) is 5.73 Å². The smallest absolute Gasteiger partial charge is 0.270 e. The van der Waals surface area contributed by atoms with Crippen molar-refractivity contribution in [1.82, 2.24) is 0 Å². The molecule has 0 spiro atoms. The predicted molar refractivity (Wildman–Crippen MR) is 50.9 cm³/mol. The first-order valence-electron chi connectivity index (χ1n) is 3.80. The third-order valence-electron chi connectivity index (χ3n) is 1.72. The maximum atomic E-state index is 11.5. The van der Waals surface area contributed by atoms with Gasteiger partial charge < -0.3 is 15.9 Å². The van der Waals surface area contributed by atoms with Crippen LogP contribution in [0, 0.1) is 0 Å². The van der Waals surface area contributed by atoms with Crippen LogP contribution in [-0.4, -0.2) is 23.7 Å². The summed E-state index contributed by atoms with van der Waals surface area (Å²) in [5.74, 6) is 0. The van der Waals surface area contributed by atoms with E-state index in [1.54, 1.807) is 6.07 Å². The monoisotopic (exact) mass is 217 g/mol. The second kappa shape index (κ2) is 3.23. The van der Waals surface area contributed by atoms with Crippen LogP contribution in [0.4, 0.5) is 5.69 Å². The topological polar surface area (TPSA) is 101 Å². The minimum absolute atomic E-state index is 0.0122. The van der Waals surface area contributed by atoms with Gasteiger partial charge in [-0.2, -0.15) is 0 Å². The molecule has 1 aromatic rings. The van der Waals surface area contributed by atoms with Gasteiger partial charge in [-0.15, -0.1) is 0 Å². The summed E-state index contributed by atoms with van der Waals surface area (Å²) in [6.45, 7) is 0.773. The lowest BCUT2D eigenvalue weighted by Crippen LogP contribution is -2.34. The van der Waals surface area contributed by atoms with Crippen molar-refractivity contribution in [3.05, 3.63) is 24.3 Å². The average Bonchev–Trinajstić information content (AvgIpc) is 2.02. The summed E-state index contributed by atoms with van der Waals surface area (Å²) < 4.78 is 23.0. The standard InChI is InChI=1S/C8H11NO4S/c1-8(10,11)14(12,13)7-5-3-2-4-6(7)9/h2-5,10-11H,9H2,1H3. The molecule has 6 heteroatoms. The first-order chi connectivity index (χ1) is 6.27. The molecule has 1 aromatic carbocycles. The summed E-state index contributed by atoms with van der Waals surface area (Å²) in [6.07, 6.45) is 0. The summed E-state index contributed by atoms with van der Waals surface area (Å²) >= 11 is 0. The molecule has 0 radical (unpaired) electrons. The molecule has 0 saturated carbocycles. The largest absolute Gasteiger partial charge is 0.398 e. The lowest BCUT2D eigenvalue weighted by atomic mass is 10.3. The molecule has 1 rings (SSSR count). The second-order valence-corrected chi connectivity index (χ2v) is 5.20. The SMILES string of the molecule is CC(O)(O)S(=O)(=O)c1ccccc1N. The third-order valence-corrected chi connectivity index (χ3v) is 3.69. The maximum absolute atomic E-state index is 11.5. The Bertz CT molecular complexity index is 433. The molecule has 78 valence electrons. The Morgan fingerprint density at radius 2 is 1.79 bits per heavy atom. The Kier molecular flexibility index (Phi) is 2.53. The number of nitrogen functional groups attached to an aromatic ring is 1. The van der Waals surface area contributed by atoms with Crippen LogP contribution in [-0.2, 0) is 9.84 Å². The quantitative estimate of drug-likeness (QED) is 0.466. The van der Waals surface area contributed by atoms with Crippen molar-refractivity contribution in [1.29, 1.82) is 0 Å². The third kappa shape index (κ3) is 1.72. The molecule has 0 amide bonds. The van der Waals surface area contributed by atoms with Crippen LogP contribution in [0.3, 0.4) is 0 Å². The molecule has 0 aromatic heterocycles. The lowest BCUT2D eigenvalue weighted by Gasteiger charge is -2.17. The van der Waals surface area contributed by atoms with Crippen LogP contribution >= 0.6 is 0 Å². The molecule has 0 aliphatic rings. The van der Waals surface area contributed by atoms with Crippen molar-refractivity contribution in [3.8, 4) is 0 Å². The number of sulfone groups is 1. The summed E-state index contributed by atoms with van der Waals surface area (Å²) in [5, 5.41) is 15.3. The molecule has 14 heavy (non-hydrogen) atoms. The normalized spacial score (nSPS) is 12.8. The van der Waals surface area contributed by atoms with Gasteiger partial charge in [-0.3, -0.25) is 0 Å². The van der Waals surface area contributed by atoms with E-state index < -0.39 is 15.0 Å². The van der Waals surface area contributed by atoms with Crippen LogP contribution < -0.4 is 5.73 Å². The molecule has 0 fully saturated rings. The number of aliphatic hydroxyl groups is 2. The van der Waals surface area contributed by atoms with E-state index in [4.69, 9.17) is 15.9 Å². The summed E-state index contributed by atoms with van der Waals surface area (Å²) in [5.41, 5.74) is 5.39. The highest BCUT2D eigenvalue weighted by molar-refractivity contribution is 7.92. The molecule has 0 aliphatic carbocycles. The number of para-hydroxylation sites is 1. The maximum Gasteiger partial charge on any atom is 0.270 e. The van der Waals surface area contributed by atoms with Crippen LogP contribution in [0.1, 0.15) is 6.92 Å². The zero-order valence-corrected chi connectivity index (χ0v) is 8.32. The van der Waals surface area contributed by atoms with Gasteiger partial charge in [0, 0.05) is 6.92 Å². The fourth-order valence-corrected chi connectivity index (χ4v) is 1.99. The minimum Gasteiger partial charge on any atom is -0.398 e. The minimum atomic E-state index is -4.22. The van der Waals surface area contributed by atoms with Crippen molar-refractivity contribution in [2.24, 2.45) is 0 Å². The van der Waals surface area contributed by atoms with Crippen LogP contribution in [0.25, 0.3) is 0 Å². The van der Waals surface area contributed by atoms with Gasteiger partial charge in [-0.05, 0) is 12.1 Å². The molecular formula is C8H11NO4S. The molecule has 0 saturated heterocycles. The van der Waals surface area contributed by atoms with Crippen LogP contribution in [0.5, 0.6) is 0 Å². The number of benzene rings is 1. The Hall–Kier alpha value is -1.11. The van der Waals surface area contributed by atoms with Gasteiger partial charge in [0.2, 0.25) is 9.84 Å². The van der Waals surface area contributed by atoms with Crippen LogP contribution in [0.2, 0.25) is 0 Å². The van der Waals surface area contributed by atoms with Crippen molar-refractivity contribution >= 4 is 15.5 Å². The van der Waals surface area contributed by atoms with E-state index in [9.17, 15) is 8.42 Å². The predicted octanol–water partition coefficient (Wildman–Crippen LogP) is -0.299. The van der Waals surface area contributed by atoms with E-state index in [-0.39, 0.29) is 10.6 Å². The Morgan fingerprint density at radius 1 is 1.29 bits per heavy atom. The highest BCUT2D eigenvalue weighted by Gasteiger charge is 2.37. The molecule has 0 heterocycles. The fraction of sp³-hybridized carbons (Fsp3) is 0.250. The van der Waals surface area contributed by atoms with Crippen molar-refractivity contribution in [3.63, 3.8) is 0 Å². The Labute approximate surface area is 81.7 Å².